The van der Waals surface area contributed by atoms with Crippen LogP contribution in [0.4, 0.5) is 14.4 Å². The number of nitrogens with one attached hydrogen (secondary N) is 3. The molecule has 2 aromatic carbocycles. The van der Waals surface area contributed by atoms with Crippen LogP contribution in [0.25, 0.3) is 11.1 Å². The maximum absolute atomic E-state index is 13.2. The Morgan fingerprint density at radius 1 is 0.705 bits per heavy atom. The molecule has 0 bridgehead atoms. The SMILES string of the molecule is CCCCNC(=O)OC1C(c2ccccc2)=C2OCOC2=C(c2ccccc2)C1OC(=O)NCCCNC(=O)OC(C)(C)C. The summed E-state index contributed by atoms with van der Waals surface area (Å²) in [6.45, 7) is 8.27. The molecule has 4 rings (SSSR count). The molecule has 1 fully saturated rings. The standard InChI is InChI=1S/C33H41N3O8/c1-5-6-18-34-30(37)42-28-24(22-14-9-7-10-15-22)26-27(41-21-40-26)25(23-16-11-8-12-17-23)29(28)43-31(38)35-19-13-20-36-32(39)44-33(2,3)4/h7-12,14-17,28-29H,5-6,13,18-21H2,1-4H3,(H,34,37)(H,35,38)(H,36,39). The average Bonchev–Trinajstić information content (AvgIpc) is 3.46. The first-order chi connectivity index (χ1) is 21.2. The lowest BCUT2D eigenvalue weighted by Gasteiger charge is -2.34. The van der Waals surface area contributed by atoms with Crippen LogP contribution >= 0.6 is 0 Å². The second-order valence-electron chi connectivity index (χ2n) is 11.3. The van der Waals surface area contributed by atoms with Crippen LogP contribution < -0.4 is 16.0 Å². The van der Waals surface area contributed by atoms with E-state index in [1.54, 1.807) is 20.8 Å². The lowest BCUT2D eigenvalue weighted by molar-refractivity contribution is 0.0394. The van der Waals surface area contributed by atoms with Crippen molar-refractivity contribution < 1.29 is 38.1 Å². The van der Waals surface area contributed by atoms with Gasteiger partial charge >= 0.3 is 18.3 Å². The van der Waals surface area contributed by atoms with Crippen LogP contribution in [0.2, 0.25) is 0 Å². The van der Waals surface area contributed by atoms with Crippen molar-refractivity contribution in [3.05, 3.63) is 83.3 Å². The number of unbranched alkanes of at least 4 members (excludes halogenated alkanes) is 1. The number of carbonyl (C=O) groups is 3. The van der Waals surface area contributed by atoms with Gasteiger partial charge in [0.15, 0.2) is 23.7 Å². The number of amides is 3. The number of hydrogen-bond acceptors (Lipinski definition) is 8. The van der Waals surface area contributed by atoms with Gasteiger partial charge in [-0.1, -0.05) is 74.0 Å². The van der Waals surface area contributed by atoms with E-state index >= 15 is 0 Å². The van der Waals surface area contributed by atoms with Crippen molar-refractivity contribution in [1.29, 1.82) is 0 Å². The van der Waals surface area contributed by atoms with Crippen LogP contribution in [0.15, 0.2) is 72.2 Å². The average molecular weight is 608 g/mol. The van der Waals surface area contributed by atoms with Crippen molar-refractivity contribution >= 4 is 29.4 Å². The lowest BCUT2D eigenvalue weighted by Crippen LogP contribution is -2.44. The number of benzene rings is 2. The van der Waals surface area contributed by atoms with Crippen LogP contribution in [-0.2, 0) is 23.7 Å². The fourth-order valence-corrected chi connectivity index (χ4v) is 4.77. The Morgan fingerprint density at radius 2 is 1.14 bits per heavy atom. The highest BCUT2D eigenvalue weighted by molar-refractivity contribution is 5.89. The number of hydrogen-bond donors (Lipinski definition) is 3. The van der Waals surface area contributed by atoms with Gasteiger partial charge < -0.3 is 39.6 Å². The topological polar surface area (TPSA) is 133 Å². The molecule has 3 N–H and O–H groups in total. The molecular formula is C33H41N3O8. The highest BCUT2D eigenvalue weighted by Crippen LogP contribution is 2.46. The van der Waals surface area contributed by atoms with Crippen LogP contribution in [0.1, 0.15) is 58.1 Å². The van der Waals surface area contributed by atoms with Gasteiger partial charge in [-0.2, -0.15) is 0 Å². The Bertz CT molecular complexity index is 1350. The zero-order chi connectivity index (χ0) is 31.5. The van der Waals surface area contributed by atoms with Crippen molar-refractivity contribution in [3.63, 3.8) is 0 Å². The van der Waals surface area contributed by atoms with Crippen LogP contribution in [0.3, 0.4) is 0 Å². The summed E-state index contributed by atoms with van der Waals surface area (Å²) in [6.07, 6.45) is -1.93. The van der Waals surface area contributed by atoms with E-state index in [1.165, 1.54) is 0 Å². The van der Waals surface area contributed by atoms with Gasteiger partial charge in [-0.15, -0.1) is 0 Å². The molecule has 1 heterocycles. The number of alkyl carbamates (subject to hydrolysis) is 3. The smallest absolute Gasteiger partial charge is 0.407 e. The van der Waals surface area contributed by atoms with Gasteiger partial charge in [0, 0.05) is 19.6 Å². The van der Waals surface area contributed by atoms with Gasteiger partial charge in [-0.3, -0.25) is 0 Å². The Labute approximate surface area is 257 Å². The summed E-state index contributed by atoms with van der Waals surface area (Å²) >= 11 is 0. The predicted octanol–water partition coefficient (Wildman–Crippen LogP) is 5.73. The first-order valence-electron chi connectivity index (χ1n) is 14.9. The quantitative estimate of drug-likeness (QED) is 0.218. The van der Waals surface area contributed by atoms with Crippen LogP contribution in [0, 0.1) is 0 Å². The van der Waals surface area contributed by atoms with Gasteiger partial charge in [-0.05, 0) is 44.7 Å². The summed E-state index contributed by atoms with van der Waals surface area (Å²) in [5, 5.41) is 8.18. The first-order valence-corrected chi connectivity index (χ1v) is 14.9. The second-order valence-corrected chi connectivity index (χ2v) is 11.3. The van der Waals surface area contributed by atoms with E-state index in [1.807, 2.05) is 67.6 Å². The van der Waals surface area contributed by atoms with E-state index in [0.717, 1.165) is 24.0 Å². The molecule has 44 heavy (non-hydrogen) atoms. The summed E-state index contributed by atoms with van der Waals surface area (Å²) in [4.78, 5) is 38.2. The summed E-state index contributed by atoms with van der Waals surface area (Å²) < 4.78 is 29.3. The van der Waals surface area contributed by atoms with Crippen molar-refractivity contribution in [2.75, 3.05) is 26.4 Å². The van der Waals surface area contributed by atoms with Crippen molar-refractivity contribution in [3.8, 4) is 0 Å². The molecule has 1 aliphatic heterocycles. The minimum atomic E-state index is -1.08. The third kappa shape index (κ3) is 8.68. The molecule has 1 aliphatic carbocycles. The minimum Gasteiger partial charge on any atom is -0.453 e. The molecule has 2 aromatic rings. The molecule has 2 atom stereocenters. The van der Waals surface area contributed by atoms with E-state index in [0.29, 0.717) is 35.6 Å². The number of fused-ring (bicyclic) bond motifs is 1. The third-order valence-corrected chi connectivity index (χ3v) is 6.67. The Morgan fingerprint density at radius 3 is 1.57 bits per heavy atom. The van der Waals surface area contributed by atoms with Crippen molar-refractivity contribution in [2.24, 2.45) is 0 Å². The highest BCUT2D eigenvalue weighted by atomic mass is 16.7. The molecule has 2 aliphatic rings. The summed E-state index contributed by atoms with van der Waals surface area (Å²) in [5.41, 5.74) is 1.89. The van der Waals surface area contributed by atoms with E-state index in [-0.39, 0.29) is 19.9 Å². The Hall–Kier alpha value is -4.67. The molecule has 1 saturated heterocycles. The summed E-state index contributed by atoms with van der Waals surface area (Å²) in [7, 11) is 0. The van der Waals surface area contributed by atoms with E-state index in [2.05, 4.69) is 16.0 Å². The molecule has 0 aromatic heterocycles. The number of rotatable bonds is 11. The van der Waals surface area contributed by atoms with Gasteiger partial charge in [0.05, 0.1) is 11.1 Å². The molecule has 236 valence electrons. The molecule has 2 unspecified atom stereocenters. The largest absolute Gasteiger partial charge is 0.453 e. The molecule has 0 saturated carbocycles. The number of ether oxygens (including phenoxy) is 5. The van der Waals surface area contributed by atoms with Crippen molar-refractivity contribution in [2.45, 2.75) is 64.8 Å². The molecule has 0 spiro atoms. The molecular weight excluding hydrogens is 566 g/mol. The van der Waals surface area contributed by atoms with Crippen LogP contribution in [0.5, 0.6) is 0 Å². The normalized spacial score (nSPS) is 17.5. The molecule has 3 amide bonds. The van der Waals surface area contributed by atoms with E-state index in [9.17, 15) is 14.4 Å². The molecule has 11 heteroatoms. The van der Waals surface area contributed by atoms with Crippen molar-refractivity contribution in [1.82, 2.24) is 16.0 Å². The third-order valence-electron chi connectivity index (χ3n) is 6.67. The van der Waals surface area contributed by atoms with Gasteiger partial charge in [0.2, 0.25) is 6.79 Å². The van der Waals surface area contributed by atoms with Crippen LogP contribution in [-0.4, -0.2) is 62.5 Å². The summed E-state index contributed by atoms with van der Waals surface area (Å²) in [5.74, 6) is 0.843. The predicted molar refractivity (Wildman–Crippen MR) is 164 cm³/mol. The lowest BCUT2D eigenvalue weighted by atomic mass is 9.83. The van der Waals surface area contributed by atoms with Gasteiger partial charge in [-0.25, -0.2) is 14.4 Å². The monoisotopic (exact) mass is 607 g/mol. The second kappa shape index (κ2) is 15.2. The molecule has 11 nitrogen and oxygen atoms in total. The fraction of sp³-hybridized carbons (Fsp3) is 0.424. The zero-order valence-corrected chi connectivity index (χ0v) is 25.6. The van der Waals surface area contributed by atoms with Gasteiger partial charge in [0.1, 0.15) is 5.60 Å². The summed E-state index contributed by atoms with van der Waals surface area (Å²) in [6, 6.07) is 18.7. The van der Waals surface area contributed by atoms with E-state index < -0.39 is 36.1 Å². The molecule has 0 radical (unpaired) electrons. The van der Waals surface area contributed by atoms with Gasteiger partial charge in [0.25, 0.3) is 0 Å². The maximum Gasteiger partial charge on any atom is 0.407 e. The Kier molecular flexibility index (Phi) is 11.1. The fourth-order valence-electron chi connectivity index (χ4n) is 4.77. The zero-order valence-electron chi connectivity index (χ0n) is 25.6. The first kappa shape index (κ1) is 32.2. The minimum absolute atomic E-state index is 0.0453. The number of carbonyl (C=O) groups excluding carboxylic acids is 3. The maximum atomic E-state index is 13.2. The Balaban J connectivity index is 1.60. The van der Waals surface area contributed by atoms with E-state index in [4.69, 9.17) is 23.7 Å². The highest BCUT2D eigenvalue weighted by Gasteiger charge is 2.47.